The van der Waals surface area contributed by atoms with Crippen molar-refractivity contribution in [3.63, 3.8) is 0 Å². The minimum atomic E-state index is 1.23. The molecule has 0 unspecified atom stereocenters. The number of hydrogen-bond donors (Lipinski definition) is 0. The number of fused-ring (bicyclic) bond motifs is 1. The minimum absolute atomic E-state index is 1.23. The fourth-order valence-electron chi connectivity index (χ4n) is 8.41. The normalized spacial score (nSPS) is 12.2. The molecule has 48 heavy (non-hydrogen) atoms. The molecule has 0 aliphatic rings. The van der Waals surface area contributed by atoms with Gasteiger partial charge in [-0.3, -0.25) is 0 Å². The van der Waals surface area contributed by atoms with E-state index in [-0.39, 0.29) is 0 Å². The lowest BCUT2D eigenvalue weighted by molar-refractivity contribution is 1.62. The van der Waals surface area contributed by atoms with Crippen LogP contribution in [0.5, 0.6) is 0 Å². The van der Waals surface area contributed by atoms with Crippen molar-refractivity contribution >= 4 is 75.4 Å². The van der Waals surface area contributed by atoms with Gasteiger partial charge in [0.25, 0.3) is 0 Å². The van der Waals surface area contributed by atoms with Crippen LogP contribution < -0.4 is 0 Å². The fraction of sp³-hybridized carbons (Fsp3) is 0. The van der Waals surface area contributed by atoms with Crippen molar-refractivity contribution in [2.45, 2.75) is 0 Å². The van der Waals surface area contributed by atoms with E-state index in [1.807, 2.05) is 0 Å². The van der Waals surface area contributed by atoms with Gasteiger partial charge in [0.15, 0.2) is 0 Å². The molecule has 0 spiro atoms. The highest BCUT2D eigenvalue weighted by Crippen LogP contribution is 2.41. The summed E-state index contributed by atoms with van der Waals surface area (Å²) in [5.74, 6) is 0. The highest BCUT2D eigenvalue weighted by Gasteiger charge is 2.14. The molecular formula is C48H28. The van der Waals surface area contributed by atoms with Gasteiger partial charge in [-0.2, -0.15) is 0 Å². The molecule has 11 aromatic carbocycles. The van der Waals surface area contributed by atoms with E-state index in [9.17, 15) is 0 Å². The molecule has 0 bridgehead atoms. The molecule has 0 aromatic heterocycles. The van der Waals surface area contributed by atoms with Gasteiger partial charge < -0.3 is 0 Å². The van der Waals surface area contributed by atoms with Crippen molar-refractivity contribution < 1.29 is 0 Å². The van der Waals surface area contributed by atoms with Gasteiger partial charge in [-0.05, 0) is 121 Å². The quantitative estimate of drug-likeness (QED) is 0.176. The predicted octanol–water partition coefficient (Wildman–Crippen LogP) is 13.6. The van der Waals surface area contributed by atoms with E-state index in [0.29, 0.717) is 0 Å². The first-order chi connectivity index (χ1) is 23.8. The van der Waals surface area contributed by atoms with Crippen molar-refractivity contribution in [3.8, 4) is 33.4 Å². The second-order valence-corrected chi connectivity index (χ2v) is 13.3. The summed E-state index contributed by atoms with van der Waals surface area (Å²) in [6, 6.07) is 63.4. The van der Waals surface area contributed by atoms with Crippen molar-refractivity contribution in [2.24, 2.45) is 0 Å². The van der Waals surface area contributed by atoms with Crippen LogP contribution in [0.4, 0.5) is 0 Å². The summed E-state index contributed by atoms with van der Waals surface area (Å²) in [7, 11) is 0. The highest BCUT2D eigenvalue weighted by atomic mass is 14.2. The van der Waals surface area contributed by atoms with E-state index in [0.717, 1.165) is 0 Å². The number of benzene rings is 11. The van der Waals surface area contributed by atoms with E-state index in [2.05, 4.69) is 170 Å². The Morgan fingerprint density at radius 3 is 1.10 bits per heavy atom. The number of rotatable bonds is 3. The molecule has 0 aliphatic carbocycles. The summed E-state index contributed by atoms with van der Waals surface area (Å²) in [6.07, 6.45) is 0. The van der Waals surface area contributed by atoms with Crippen LogP contribution in [-0.4, -0.2) is 0 Å². The lowest BCUT2D eigenvalue weighted by Gasteiger charge is -2.15. The Kier molecular flexibility index (Phi) is 5.20. The minimum Gasteiger partial charge on any atom is -0.0610 e. The summed E-state index contributed by atoms with van der Waals surface area (Å²) >= 11 is 0. The van der Waals surface area contributed by atoms with Crippen molar-refractivity contribution in [1.82, 2.24) is 0 Å². The van der Waals surface area contributed by atoms with Crippen LogP contribution in [0.15, 0.2) is 170 Å². The van der Waals surface area contributed by atoms with Gasteiger partial charge in [0.05, 0.1) is 0 Å². The van der Waals surface area contributed by atoms with Crippen molar-refractivity contribution in [3.05, 3.63) is 170 Å². The molecular weight excluding hydrogens is 577 g/mol. The molecule has 0 aliphatic heterocycles. The van der Waals surface area contributed by atoms with Gasteiger partial charge in [-0.15, -0.1) is 0 Å². The zero-order valence-electron chi connectivity index (χ0n) is 26.2. The van der Waals surface area contributed by atoms with Crippen LogP contribution in [0.2, 0.25) is 0 Å². The molecule has 11 rings (SSSR count). The fourth-order valence-corrected chi connectivity index (χ4v) is 8.41. The van der Waals surface area contributed by atoms with Crippen LogP contribution in [0.25, 0.3) is 109 Å². The Bertz CT molecular complexity index is 3000. The molecule has 220 valence electrons. The molecule has 0 N–H and O–H groups in total. The summed E-state index contributed by atoms with van der Waals surface area (Å²) in [6.45, 7) is 0. The average Bonchev–Trinajstić information content (AvgIpc) is 3.15. The summed E-state index contributed by atoms with van der Waals surface area (Å²) < 4.78 is 0. The zero-order chi connectivity index (χ0) is 31.3. The Labute approximate surface area is 277 Å². The largest absolute Gasteiger partial charge is 0.0610 e. The SMILES string of the molecule is c1cc2ccc3ccc(-c4ccc(-c5ccc6cc(-c7ccc8ccc9cccc%10ccc7c8c9%10)ccc6c5)cc4)c4ccc(c1)c2c34. The first-order valence-electron chi connectivity index (χ1n) is 16.7. The van der Waals surface area contributed by atoms with Crippen molar-refractivity contribution in [2.75, 3.05) is 0 Å². The Morgan fingerprint density at radius 1 is 0.208 bits per heavy atom. The monoisotopic (exact) mass is 604 g/mol. The molecule has 0 saturated carbocycles. The van der Waals surface area contributed by atoms with Gasteiger partial charge in [0.1, 0.15) is 0 Å². The highest BCUT2D eigenvalue weighted by molar-refractivity contribution is 6.26. The third kappa shape index (κ3) is 3.66. The average molecular weight is 605 g/mol. The maximum absolute atomic E-state index is 2.35. The Balaban J connectivity index is 0.968. The van der Waals surface area contributed by atoms with E-state index in [4.69, 9.17) is 0 Å². The second kappa shape index (κ2) is 9.64. The van der Waals surface area contributed by atoms with Crippen LogP contribution in [0.3, 0.4) is 0 Å². The van der Waals surface area contributed by atoms with E-state index in [1.54, 1.807) is 0 Å². The third-order valence-corrected chi connectivity index (χ3v) is 10.7. The molecule has 0 amide bonds. The first-order valence-corrected chi connectivity index (χ1v) is 16.7. The third-order valence-electron chi connectivity index (χ3n) is 10.7. The lowest BCUT2D eigenvalue weighted by atomic mass is 9.89. The molecule has 0 saturated heterocycles. The lowest BCUT2D eigenvalue weighted by Crippen LogP contribution is -1.88. The van der Waals surface area contributed by atoms with Crippen molar-refractivity contribution in [1.29, 1.82) is 0 Å². The van der Waals surface area contributed by atoms with Crippen LogP contribution in [-0.2, 0) is 0 Å². The first kappa shape index (κ1) is 25.9. The van der Waals surface area contributed by atoms with Gasteiger partial charge in [0.2, 0.25) is 0 Å². The van der Waals surface area contributed by atoms with Gasteiger partial charge in [0, 0.05) is 0 Å². The molecule has 0 heterocycles. The molecule has 0 fully saturated rings. The predicted molar refractivity (Wildman–Crippen MR) is 208 cm³/mol. The van der Waals surface area contributed by atoms with Gasteiger partial charge >= 0.3 is 0 Å². The van der Waals surface area contributed by atoms with Gasteiger partial charge in [-0.1, -0.05) is 158 Å². The summed E-state index contributed by atoms with van der Waals surface area (Å²) in [5, 5.41) is 18.4. The maximum atomic E-state index is 2.35. The summed E-state index contributed by atoms with van der Waals surface area (Å²) in [4.78, 5) is 0. The van der Waals surface area contributed by atoms with E-state index in [1.165, 1.54) is 109 Å². The molecule has 0 nitrogen and oxygen atoms in total. The molecule has 0 atom stereocenters. The topological polar surface area (TPSA) is 0 Å². The van der Waals surface area contributed by atoms with E-state index >= 15 is 0 Å². The second-order valence-electron chi connectivity index (χ2n) is 13.3. The summed E-state index contributed by atoms with van der Waals surface area (Å²) in [5.41, 5.74) is 7.54. The standard InChI is InChI=1S/C48H28/c1-3-31-11-13-35-19-23-41(43-25-21-33(5-1)45(31)47(35)43)30-9-7-29(8-10-30)37-15-16-39-28-40(18-17-38(39)27-37)42-24-20-36-14-12-32-4-2-6-34-22-26-44(42)48(36)46(32)34/h1-28H. The van der Waals surface area contributed by atoms with E-state index < -0.39 is 0 Å². The Hall–Kier alpha value is -6.24. The van der Waals surface area contributed by atoms with Crippen LogP contribution in [0.1, 0.15) is 0 Å². The van der Waals surface area contributed by atoms with Gasteiger partial charge in [-0.25, -0.2) is 0 Å². The zero-order valence-corrected chi connectivity index (χ0v) is 26.2. The van der Waals surface area contributed by atoms with Crippen LogP contribution in [0, 0.1) is 0 Å². The molecule has 0 radical (unpaired) electrons. The number of hydrogen-bond acceptors (Lipinski definition) is 0. The molecule has 0 heteroatoms. The maximum Gasteiger partial charge on any atom is -0.00206 e. The van der Waals surface area contributed by atoms with Crippen LogP contribution >= 0.6 is 0 Å². The Morgan fingerprint density at radius 2 is 0.562 bits per heavy atom. The smallest absolute Gasteiger partial charge is 0.00206 e. The molecule has 11 aromatic rings.